The summed E-state index contributed by atoms with van der Waals surface area (Å²) in [4.78, 5) is 27.8. The molecule has 0 spiro atoms. The molecule has 0 saturated heterocycles. The van der Waals surface area contributed by atoms with Crippen LogP contribution in [0.2, 0.25) is 0 Å². The smallest absolute Gasteiger partial charge is 0.335 e. The van der Waals surface area contributed by atoms with Gasteiger partial charge in [-0.25, -0.2) is 14.2 Å². The van der Waals surface area contributed by atoms with Crippen molar-refractivity contribution >= 4 is 16.9 Å². The van der Waals surface area contributed by atoms with Crippen molar-refractivity contribution in [2.45, 2.75) is 6.92 Å². The molecule has 1 N–H and O–H groups in total. The van der Waals surface area contributed by atoms with Gasteiger partial charge in [-0.15, -0.1) is 0 Å². The molecular weight excluding hydrogens is 287 g/mol. The highest BCUT2D eigenvalue weighted by Crippen LogP contribution is 2.16. The molecule has 0 radical (unpaired) electrons. The number of carboxylic acid groups (broad SMARTS) is 1. The Morgan fingerprint density at radius 1 is 1.23 bits per heavy atom. The Bertz CT molecular complexity index is 963. The van der Waals surface area contributed by atoms with E-state index in [1.165, 1.54) is 41.0 Å². The number of carbonyl (C=O) groups is 1. The number of para-hydroxylation sites is 1. The average molecular weight is 298 g/mol. The zero-order chi connectivity index (χ0) is 15.9. The Morgan fingerprint density at radius 2 is 1.95 bits per heavy atom. The summed E-state index contributed by atoms with van der Waals surface area (Å²) in [5.74, 6) is -1.35. The number of nitrogens with zero attached hydrogens (tertiary/aromatic N) is 2. The minimum atomic E-state index is -1.10. The first-order valence-electron chi connectivity index (χ1n) is 6.50. The second-order valence-corrected chi connectivity index (χ2v) is 4.79. The third-order valence-electron chi connectivity index (χ3n) is 3.38. The van der Waals surface area contributed by atoms with Crippen LogP contribution in [-0.4, -0.2) is 20.6 Å². The van der Waals surface area contributed by atoms with Crippen molar-refractivity contribution in [2.24, 2.45) is 0 Å². The summed E-state index contributed by atoms with van der Waals surface area (Å²) >= 11 is 0. The lowest BCUT2D eigenvalue weighted by Gasteiger charge is -2.11. The molecule has 110 valence electrons. The van der Waals surface area contributed by atoms with Crippen LogP contribution < -0.4 is 5.56 Å². The van der Waals surface area contributed by atoms with Gasteiger partial charge in [0.2, 0.25) is 0 Å². The second kappa shape index (κ2) is 5.07. The SMILES string of the molecule is Cc1nc2cc(C(=O)O)ccc2c(=O)n1-c1ccccc1F. The Labute approximate surface area is 124 Å². The summed E-state index contributed by atoms with van der Waals surface area (Å²) in [5.41, 5.74) is -0.0105. The molecule has 0 unspecified atom stereocenters. The van der Waals surface area contributed by atoms with E-state index in [-0.39, 0.29) is 28.0 Å². The number of halogens is 1. The Morgan fingerprint density at radius 3 is 2.64 bits per heavy atom. The fourth-order valence-electron chi connectivity index (χ4n) is 2.35. The first-order chi connectivity index (χ1) is 10.5. The van der Waals surface area contributed by atoms with E-state index in [9.17, 15) is 14.0 Å². The fraction of sp³-hybridized carbons (Fsp3) is 0.0625. The van der Waals surface area contributed by atoms with Gasteiger partial charge >= 0.3 is 5.97 Å². The highest BCUT2D eigenvalue weighted by atomic mass is 19.1. The molecule has 2 aromatic carbocycles. The summed E-state index contributed by atoms with van der Waals surface area (Å²) in [6, 6.07) is 9.97. The van der Waals surface area contributed by atoms with Gasteiger partial charge in [-0.1, -0.05) is 12.1 Å². The van der Waals surface area contributed by atoms with E-state index in [4.69, 9.17) is 5.11 Å². The van der Waals surface area contributed by atoms with Gasteiger partial charge in [-0.05, 0) is 37.3 Å². The van der Waals surface area contributed by atoms with Crippen LogP contribution >= 0.6 is 0 Å². The molecule has 0 aliphatic heterocycles. The summed E-state index contributed by atoms with van der Waals surface area (Å²) in [7, 11) is 0. The summed E-state index contributed by atoms with van der Waals surface area (Å²) < 4.78 is 15.1. The van der Waals surface area contributed by atoms with Crippen molar-refractivity contribution in [1.29, 1.82) is 0 Å². The van der Waals surface area contributed by atoms with E-state index in [1.807, 2.05) is 0 Å². The maximum absolute atomic E-state index is 13.9. The molecular formula is C16H11FN2O3. The maximum atomic E-state index is 13.9. The molecule has 1 aromatic heterocycles. The van der Waals surface area contributed by atoms with Crippen LogP contribution in [0.5, 0.6) is 0 Å². The molecule has 0 saturated carbocycles. The Kier molecular flexibility index (Phi) is 3.21. The molecule has 0 aliphatic carbocycles. The number of hydrogen-bond donors (Lipinski definition) is 1. The zero-order valence-corrected chi connectivity index (χ0v) is 11.6. The lowest BCUT2D eigenvalue weighted by Crippen LogP contribution is -2.23. The standard InChI is InChI=1S/C16H11FN2O3/c1-9-18-13-8-10(16(21)22)6-7-11(13)15(20)19(9)14-5-3-2-4-12(14)17/h2-8H,1H3,(H,21,22). The van der Waals surface area contributed by atoms with E-state index < -0.39 is 17.3 Å². The van der Waals surface area contributed by atoms with Crippen LogP contribution in [0.3, 0.4) is 0 Å². The van der Waals surface area contributed by atoms with Gasteiger partial charge < -0.3 is 5.11 Å². The number of fused-ring (bicyclic) bond motifs is 1. The molecule has 3 rings (SSSR count). The van der Waals surface area contributed by atoms with Crippen LogP contribution in [-0.2, 0) is 0 Å². The number of hydrogen-bond acceptors (Lipinski definition) is 3. The third-order valence-corrected chi connectivity index (χ3v) is 3.38. The normalized spacial score (nSPS) is 10.8. The lowest BCUT2D eigenvalue weighted by molar-refractivity contribution is 0.0697. The highest BCUT2D eigenvalue weighted by Gasteiger charge is 2.14. The predicted molar refractivity (Wildman–Crippen MR) is 79.0 cm³/mol. The van der Waals surface area contributed by atoms with Crippen LogP contribution in [0.15, 0.2) is 47.3 Å². The van der Waals surface area contributed by atoms with Crippen LogP contribution in [0.25, 0.3) is 16.6 Å². The number of aromatic nitrogens is 2. The van der Waals surface area contributed by atoms with E-state index in [0.29, 0.717) is 0 Å². The van der Waals surface area contributed by atoms with Crippen molar-refractivity contribution in [3.8, 4) is 5.69 Å². The molecule has 0 fully saturated rings. The first-order valence-corrected chi connectivity index (χ1v) is 6.50. The minimum Gasteiger partial charge on any atom is -0.478 e. The third kappa shape index (κ3) is 2.14. The number of carboxylic acids is 1. The van der Waals surface area contributed by atoms with Gasteiger partial charge in [0.15, 0.2) is 0 Å². The Hall–Kier alpha value is -3.02. The van der Waals surface area contributed by atoms with Crippen molar-refractivity contribution in [3.05, 3.63) is 70.0 Å². The molecule has 0 amide bonds. The van der Waals surface area contributed by atoms with Crippen molar-refractivity contribution in [3.63, 3.8) is 0 Å². The van der Waals surface area contributed by atoms with E-state index >= 15 is 0 Å². The first kappa shape index (κ1) is 13.9. The summed E-state index contributed by atoms with van der Waals surface area (Å²) in [6.45, 7) is 1.57. The van der Waals surface area contributed by atoms with Crippen LogP contribution in [0.1, 0.15) is 16.2 Å². The monoisotopic (exact) mass is 298 g/mol. The lowest BCUT2D eigenvalue weighted by atomic mass is 10.1. The Balaban J connectivity index is 2.35. The number of rotatable bonds is 2. The molecule has 0 aliphatic rings. The van der Waals surface area contributed by atoms with E-state index in [2.05, 4.69) is 4.98 Å². The van der Waals surface area contributed by atoms with E-state index in [0.717, 1.165) is 0 Å². The average Bonchev–Trinajstić information content (AvgIpc) is 2.48. The van der Waals surface area contributed by atoms with Gasteiger partial charge in [-0.2, -0.15) is 0 Å². The maximum Gasteiger partial charge on any atom is 0.335 e. The van der Waals surface area contributed by atoms with Crippen molar-refractivity contribution in [1.82, 2.24) is 9.55 Å². The predicted octanol–water partition coefficient (Wildman–Crippen LogP) is 2.53. The highest BCUT2D eigenvalue weighted by molar-refractivity contribution is 5.92. The van der Waals surface area contributed by atoms with Gasteiger partial charge in [0.05, 0.1) is 22.2 Å². The van der Waals surface area contributed by atoms with E-state index in [1.54, 1.807) is 13.0 Å². The molecule has 5 nitrogen and oxygen atoms in total. The number of benzene rings is 2. The topological polar surface area (TPSA) is 72.2 Å². The molecule has 22 heavy (non-hydrogen) atoms. The van der Waals surface area contributed by atoms with Crippen molar-refractivity contribution in [2.75, 3.05) is 0 Å². The number of aryl methyl sites for hydroxylation is 1. The largest absolute Gasteiger partial charge is 0.478 e. The quantitative estimate of drug-likeness (QED) is 0.789. The van der Waals surface area contributed by atoms with Gasteiger partial charge in [0, 0.05) is 0 Å². The number of aromatic carboxylic acids is 1. The zero-order valence-electron chi connectivity index (χ0n) is 11.6. The van der Waals surface area contributed by atoms with Crippen LogP contribution in [0.4, 0.5) is 4.39 Å². The van der Waals surface area contributed by atoms with Crippen LogP contribution in [0, 0.1) is 12.7 Å². The summed E-state index contributed by atoms with van der Waals surface area (Å²) in [5, 5.41) is 9.23. The fourth-order valence-corrected chi connectivity index (χ4v) is 2.35. The second-order valence-electron chi connectivity index (χ2n) is 4.79. The molecule has 0 bridgehead atoms. The molecule has 6 heteroatoms. The van der Waals surface area contributed by atoms with Gasteiger partial charge in [-0.3, -0.25) is 9.36 Å². The summed E-state index contributed by atoms with van der Waals surface area (Å²) in [6.07, 6.45) is 0. The minimum absolute atomic E-state index is 0.0439. The molecule has 3 aromatic rings. The van der Waals surface area contributed by atoms with Gasteiger partial charge in [0.25, 0.3) is 5.56 Å². The van der Waals surface area contributed by atoms with Gasteiger partial charge in [0.1, 0.15) is 11.6 Å². The molecule has 1 heterocycles. The van der Waals surface area contributed by atoms with Crippen molar-refractivity contribution < 1.29 is 14.3 Å². The molecule has 0 atom stereocenters.